The highest BCUT2D eigenvalue weighted by Crippen LogP contribution is 2.38. The van der Waals surface area contributed by atoms with Gasteiger partial charge in [-0.05, 0) is 25.1 Å². The van der Waals surface area contributed by atoms with Crippen LogP contribution in [0.15, 0.2) is 42.5 Å². The van der Waals surface area contributed by atoms with Gasteiger partial charge in [0.25, 0.3) is 11.6 Å². The van der Waals surface area contributed by atoms with Gasteiger partial charge in [0.15, 0.2) is 5.82 Å². The number of carbonyl (C=O) groups excluding carboxylic acids is 1. The molecule has 0 bridgehead atoms. The molecule has 1 aromatic heterocycles. The summed E-state index contributed by atoms with van der Waals surface area (Å²) in [5.41, 5.74) is 0.909. The number of nitro groups is 1. The summed E-state index contributed by atoms with van der Waals surface area (Å²) in [6.07, 6.45) is 0. The van der Waals surface area contributed by atoms with Gasteiger partial charge in [-0.3, -0.25) is 14.9 Å². The number of halogens is 3. The predicted molar refractivity (Wildman–Crippen MR) is 105 cm³/mol. The third-order valence-corrected chi connectivity index (χ3v) is 4.19. The Morgan fingerprint density at radius 1 is 1.15 bits per heavy atom. The molecule has 0 saturated carbocycles. The van der Waals surface area contributed by atoms with Gasteiger partial charge in [-0.25, -0.2) is 9.97 Å². The van der Waals surface area contributed by atoms with E-state index in [1.54, 1.807) is 12.1 Å². The number of nitrogens with zero attached hydrogens (tertiary/aromatic N) is 3. The number of hydrogen-bond acceptors (Lipinski definition) is 5. The van der Waals surface area contributed by atoms with Crippen molar-refractivity contribution in [3.63, 3.8) is 0 Å². The van der Waals surface area contributed by atoms with Crippen LogP contribution in [0.2, 0.25) is 0 Å². The van der Waals surface area contributed by atoms with Crippen LogP contribution < -0.4 is 5.32 Å². The number of rotatable bonds is 3. The number of alkyl halides is 3. The van der Waals surface area contributed by atoms with Crippen molar-refractivity contribution in [3.8, 4) is 0 Å². The molecule has 27 heavy (non-hydrogen) atoms. The Balaban J connectivity index is 2.12. The van der Waals surface area contributed by atoms with Gasteiger partial charge in [0.1, 0.15) is 11.4 Å². The van der Waals surface area contributed by atoms with Crippen molar-refractivity contribution in [2.24, 2.45) is 0 Å². The molecule has 0 saturated heterocycles. The number of anilines is 1. The smallest absolute Gasteiger partial charge is 0.282 e. The monoisotopic (exact) mass is 424 g/mol. The Morgan fingerprint density at radius 2 is 1.85 bits per heavy atom. The van der Waals surface area contributed by atoms with Crippen LogP contribution in [0.4, 0.5) is 11.5 Å². The average Bonchev–Trinajstić information content (AvgIpc) is 2.61. The molecule has 0 fully saturated rings. The fourth-order valence-electron chi connectivity index (χ4n) is 2.46. The van der Waals surface area contributed by atoms with Crippen LogP contribution in [0.3, 0.4) is 0 Å². The van der Waals surface area contributed by atoms with Gasteiger partial charge in [-0.1, -0.05) is 58.6 Å². The van der Waals surface area contributed by atoms with Crippen molar-refractivity contribution in [1.82, 2.24) is 9.97 Å². The van der Waals surface area contributed by atoms with E-state index < -0.39 is 14.6 Å². The highest BCUT2D eigenvalue weighted by molar-refractivity contribution is 6.66. The molecule has 3 aromatic rings. The lowest BCUT2D eigenvalue weighted by atomic mass is 10.1. The highest BCUT2D eigenvalue weighted by Gasteiger charge is 2.29. The van der Waals surface area contributed by atoms with Gasteiger partial charge >= 0.3 is 0 Å². The number of nitro benzene ring substituents is 1. The summed E-state index contributed by atoms with van der Waals surface area (Å²) in [7, 11) is 0. The first-order valence-electron chi connectivity index (χ1n) is 7.57. The number of aromatic nitrogens is 2. The molecule has 0 unspecified atom stereocenters. The van der Waals surface area contributed by atoms with Crippen molar-refractivity contribution >= 4 is 63.1 Å². The molecule has 0 spiro atoms. The lowest BCUT2D eigenvalue weighted by Gasteiger charge is -2.14. The van der Waals surface area contributed by atoms with Gasteiger partial charge < -0.3 is 5.32 Å². The molecular weight excluding hydrogens is 415 g/mol. The van der Waals surface area contributed by atoms with Crippen LogP contribution in [0, 0.1) is 17.0 Å². The molecule has 138 valence electrons. The van der Waals surface area contributed by atoms with Gasteiger partial charge in [-0.2, -0.15) is 0 Å². The van der Waals surface area contributed by atoms with E-state index in [2.05, 4.69) is 15.3 Å². The summed E-state index contributed by atoms with van der Waals surface area (Å²) in [5.74, 6) is -0.742. The summed E-state index contributed by atoms with van der Waals surface area (Å²) < 4.78 is -1.91. The van der Waals surface area contributed by atoms with Gasteiger partial charge in [0.05, 0.1) is 10.4 Å². The molecule has 2 aromatic carbocycles. The molecule has 0 aliphatic carbocycles. The number of amides is 1. The Hall–Kier alpha value is -2.48. The minimum atomic E-state index is -1.91. The summed E-state index contributed by atoms with van der Waals surface area (Å²) in [6, 6.07) is 10.8. The van der Waals surface area contributed by atoms with Crippen LogP contribution in [0.25, 0.3) is 10.9 Å². The van der Waals surface area contributed by atoms with E-state index in [1.807, 2.05) is 13.0 Å². The van der Waals surface area contributed by atoms with Gasteiger partial charge in [0.2, 0.25) is 3.79 Å². The van der Waals surface area contributed by atoms with Crippen LogP contribution >= 0.6 is 34.8 Å². The van der Waals surface area contributed by atoms with Crippen molar-refractivity contribution < 1.29 is 9.72 Å². The molecule has 1 N–H and O–H groups in total. The van der Waals surface area contributed by atoms with Crippen LogP contribution in [0.1, 0.15) is 21.7 Å². The quantitative estimate of drug-likeness (QED) is 0.364. The Bertz CT molecular complexity index is 1070. The van der Waals surface area contributed by atoms with Crippen LogP contribution in [-0.2, 0) is 3.79 Å². The third-order valence-electron chi connectivity index (χ3n) is 3.68. The Labute approximate surface area is 168 Å². The second-order valence-electron chi connectivity index (χ2n) is 5.64. The number of aryl methyl sites for hydroxylation is 1. The molecular formula is C17H11Cl3N4O3. The summed E-state index contributed by atoms with van der Waals surface area (Å²) in [6.45, 7) is 1.86. The van der Waals surface area contributed by atoms with Gasteiger partial charge in [-0.15, -0.1) is 0 Å². The zero-order valence-corrected chi connectivity index (χ0v) is 16.0. The summed E-state index contributed by atoms with van der Waals surface area (Å²) in [4.78, 5) is 31.5. The van der Waals surface area contributed by atoms with Gasteiger partial charge in [0, 0.05) is 11.5 Å². The molecule has 7 nitrogen and oxygen atoms in total. The first-order chi connectivity index (χ1) is 12.7. The van der Waals surface area contributed by atoms with E-state index in [0.29, 0.717) is 10.9 Å². The topological polar surface area (TPSA) is 98.0 Å². The zero-order chi connectivity index (χ0) is 19.8. The number of benzene rings is 2. The molecule has 1 heterocycles. The molecule has 0 aliphatic heterocycles. The zero-order valence-electron chi connectivity index (χ0n) is 13.7. The van der Waals surface area contributed by atoms with Crippen molar-refractivity contribution in [2.45, 2.75) is 10.7 Å². The first-order valence-corrected chi connectivity index (χ1v) is 8.70. The van der Waals surface area contributed by atoms with E-state index in [-0.39, 0.29) is 22.9 Å². The van der Waals surface area contributed by atoms with E-state index in [9.17, 15) is 14.9 Å². The number of nitrogens with one attached hydrogen (secondary N) is 1. The molecule has 3 rings (SSSR count). The molecule has 0 radical (unpaired) electrons. The van der Waals surface area contributed by atoms with E-state index in [0.717, 1.165) is 5.56 Å². The van der Waals surface area contributed by atoms with Crippen molar-refractivity contribution in [2.75, 3.05) is 5.32 Å². The molecule has 0 aliphatic rings. The van der Waals surface area contributed by atoms with Crippen molar-refractivity contribution in [3.05, 3.63) is 69.5 Å². The predicted octanol–water partition coefficient (Wildman–Crippen LogP) is 4.93. The lowest BCUT2D eigenvalue weighted by molar-refractivity contribution is -0.385. The van der Waals surface area contributed by atoms with Crippen molar-refractivity contribution in [1.29, 1.82) is 0 Å². The maximum Gasteiger partial charge on any atom is 0.282 e. The average molecular weight is 426 g/mol. The number of para-hydroxylation sites is 1. The lowest BCUT2D eigenvalue weighted by Crippen LogP contribution is -2.17. The minimum absolute atomic E-state index is 0.0909. The standard InChI is InChI=1S/C17H11Cl3N4O3/c1-9-6-7-12-11(8-9)14(23-16(21-12)17(18,19)20)22-15(25)10-4-2-3-5-13(10)24(26)27/h2-8H,1H3,(H,21,22,23,25). The Kier molecular flexibility index (Phi) is 5.19. The summed E-state index contributed by atoms with van der Waals surface area (Å²) >= 11 is 17.7. The largest absolute Gasteiger partial charge is 0.306 e. The summed E-state index contributed by atoms with van der Waals surface area (Å²) in [5, 5.41) is 14.2. The minimum Gasteiger partial charge on any atom is -0.306 e. The maximum absolute atomic E-state index is 12.7. The fourth-order valence-corrected chi connectivity index (χ4v) is 2.72. The molecule has 10 heteroatoms. The number of hydrogen-bond donors (Lipinski definition) is 1. The fraction of sp³-hybridized carbons (Fsp3) is 0.118. The third kappa shape index (κ3) is 4.10. The highest BCUT2D eigenvalue weighted by atomic mass is 35.6. The van der Waals surface area contributed by atoms with E-state index in [4.69, 9.17) is 34.8 Å². The SMILES string of the molecule is Cc1ccc2nc(C(Cl)(Cl)Cl)nc(NC(=O)c3ccccc3[N+](=O)[O-])c2c1. The first kappa shape index (κ1) is 19.3. The number of fused-ring (bicyclic) bond motifs is 1. The second-order valence-corrected chi connectivity index (χ2v) is 7.92. The van der Waals surface area contributed by atoms with E-state index >= 15 is 0 Å². The maximum atomic E-state index is 12.7. The Morgan fingerprint density at radius 3 is 2.52 bits per heavy atom. The van der Waals surface area contributed by atoms with Crippen LogP contribution in [-0.4, -0.2) is 20.8 Å². The molecule has 0 atom stereocenters. The normalized spacial score (nSPS) is 11.4. The van der Waals surface area contributed by atoms with Crippen LogP contribution in [0.5, 0.6) is 0 Å². The van der Waals surface area contributed by atoms with E-state index in [1.165, 1.54) is 24.3 Å². The second kappa shape index (κ2) is 7.26. The number of carbonyl (C=O) groups is 1. The molecule has 1 amide bonds.